The van der Waals surface area contributed by atoms with Gasteiger partial charge in [0.1, 0.15) is 0 Å². The highest BCUT2D eigenvalue weighted by molar-refractivity contribution is 14.1. The van der Waals surface area contributed by atoms with Crippen LogP contribution < -0.4 is 4.74 Å². The van der Waals surface area contributed by atoms with E-state index in [-0.39, 0.29) is 27.5 Å². The second kappa shape index (κ2) is 5.85. The van der Waals surface area contributed by atoms with Crippen LogP contribution in [0.2, 0.25) is 10.0 Å². The first-order chi connectivity index (χ1) is 8.97. The fourth-order valence-electron chi connectivity index (χ4n) is 1.19. The van der Waals surface area contributed by atoms with E-state index in [2.05, 4.69) is 9.97 Å². The monoisotopic (exact) mass is 411 g/mol. The summed E-state index contributed by atoms with van der Waals surface area (Å²) in [7, 11) is 0. The molecule has 2 rings (SSSR count). The number of non-ortho nitro benzene ring substituents is 1. The highest BCUT2D eigenvalue weighted by Gasteiger charge is 2.17. The Bertz CT molecular complexity index is 613. The third-order valence-electron chi connectivity index (χ3n) is 1.98. The van der Waals surface area contributed by atoms with Gasteiger partial charge >= 0.3 is 6.01 Å². The van der Waals surface area contributed by atoms with Crippen molar-refractivity contribution in [2.75, 3.05) is 0 Å². The number of nitrogens with zero attached hydrogens (tertiary/aromatic N) is 3. The Morgan fingerprint density at radius 1 is 1.21 bits per heavy atom. The van der Waals surface area contributed by atoms with Gasteiger partial charge in [-0.1, -0.05) is 23.2 Å². The van der Waals surface area contributed by atoms with Gasteiger partial charge in [0.15, 0.2) is 5.75 Å². The number of nitro groups is 1. The average Bonchev–Trinajstić information content (AvgIpc) is 2.35. The normalized spacial score (nSPS) is 10.3. The molecule has 1 aromatic carbocycles. The Morgan fingerprint density at radius 3 is 2.21 bits per heavy atom. The van der Waals surface area contributed by atoms with Crippen LogP contribution in [-0.4, -0.2) is 14.9 Å². The van der Waals surface area contributed by atoms with Gasteiger partial charge in [0.05, 0.1) is 15.0 Å². The predicted octanol–water partition coefficient (Wildman–Crippen LogP) is 4.09. The quantitative estimate of drug-likeness (QED) is 0.431. The summed E-state index contributed by atoms with van der Waals surface area (Å²) in [6.45, 7) is 0. The first-order valence-corrected chi connectivity index (χ1v) is 6.59. The van der Waals surface area contributed by atoms with E-state index in [0.29, 0.717) is 0 Å². The van der Waals surface area contributed by atoms with Crippen LogP contribution in [0.4, 0.5) is 5.69 Å². The summed E-state index contributed by atoms with van der Waals surface area (Å²) >= 11 is 13.8. The molecule has 0 bridgehead atoms. The molecule has 0 aliphatic rings. The maximum atomic E-state index is 10.6. The summed E-state index contributed by atoms with van der Waals surface area (Å²) in [5.41, 5.74) is -0.217. The number of benzene rings is 1. The average molecular weight is 412 g/mol. The molecule has 0 radical (unpaired) electrons. The minimum Gasteiger partial charge on any atom is -0.421 e. The van der Waals surface area contributed by atoms with E-state index in [9.17, 15) is 10.1 Å². The maximum absolute atomic E-state index is 10.6. The van der Waals surface area contributed by atoms with Gasteiger partial charge in [-0.25, -0.2) is 9.97 Å². The van der Waals surface area contributed by atoms with Crippen LogP contribution in [0.3, 0.4) is 0 Å². The van der Waals surface area contributed by atoms with Crippen molar-refractivity contribution in [2.24, 2.45) is 0 Å². The molecule has 0 saturated carbocycles. The van der Waals surface area contributed by atoms with Crippen LogP contribution in [0.5, 0.6) is 11.8 Å². The third kappa shape index (κ3) is 3.43. The van der Waals surface area contributed by atoms with E-state index < -0.39 is 4.92 Å². The summed E-state index contributed by atoms with van der Waals surface area (Å²) in [5, 5.41) is 10.7. The highest BCUT2D eigenvalue weighted by atomic mass is 127. The number of hydrogen-bond acceptors (Lipinski definition) is 5. The van der Waals surface area contributed by atoms with Gasteiger partial charge in [-0.2, -0.15) is 0 Å². The van der Waals surface area contributed by atoms with Crippen molar-refractivity contribution in [1.82, 2.24) is 9.97 Å². The molecule has 0 N–H and O–H groups in total. The molecule has 98 valence electrons. The van der Waals surface area contributed by atoms with E-state index in [0.717, 1.165) is 15.7 Å². The van der Waals surface area contributed by atoms with Crippen molar-refractivity contribution in [2.45, 2.75) is 0 Å². The maximum Gasteiger partial charge on any atom is 0.322 e. The molecular weight excluding hydrogens is 408 g/mol. The molecule has 1 aromatic heterocycles. The fourth-order valence-corrected chi connectivity index (χ4v) is 2.03. The molecule has 0 aliphatic heterocycles. The van der Waals surface area contributed by atoms with Crippen LogP contribution in [0, 0.1) is 13.7 Å². The molecule has 0 unspecified atom stereocenters. The zero-order valence-electron chi connectivity index (χ0n) is 9.01. The molecule has 1 heterocycles. The smallest absolute Gasteiger partial charge is 0.322 e. The van der Waals surface area contributed by atoms with E-state index in [1.54, 1.807) is 12.4 Å². The molecule has 0 amide bonds. The molecule has 2 aromatic rings. The van der Waals surface area contributed by atoms with Crippen molar-refractivity contribution < 1.29 is 9.66 Å². The third-order valence-corrected chi connectivity index (χ3v) is 3.10. The topological polar surface area (TPSA) is 78.2 Å². The Labute approximate surface area is 131 Å². The predicted molar refractivity (Wildman–Crippen MR) is 77.9 cm³/mol. The van der Waals surface area contributed by atoms with Crippen molar-refractivity contribution in [3.05, 3.63) is 48.3 Å². The van der Waals surface area contributed by atoms with Gasteiger partial charge in [-0.15, -0.1) is 0 Å². The Kier molecular flexibility index (Phi) is 4.38. The largest absolute Gasteiger partial charge is 0.421 e. The van der Waals surface area contributed by atoms with Crippen LogP contribution in [-0.2, 0) is 0 Å². The van der Waals surface area contributed by atoms with Crippen LogP contribution in [0.15, 0.2) is 24.5 Å². The Morgan fingerprint density at radius 2 is 1.74 bits per heavy atom. The number of nitro benzene ring substituents is 1. The minimum atomic E-state index is -0.594. The Balaban J connectivity index is 2.35. The number of rotatable bonds is 3. The van der Waals surface area contributed by atoms with Gasteiger partial charge in [0.25, 0.3) is 5.69 Å². The fraction of sp³-hybridized carbons (Fsp3) is 0. The zero-order chi connectivity index (χ0) is 14.0. The molecule has 9 heteroatoms. The van der Waals surface area contributed by atoms with Crippen molar-refractivity contribution in [3.63, 3.8) is 0 Å². The first kappa shape index (κ1) is 14.2. The summed E-state index contributed by atoms with van der Waals surface area (Å²) in [6, 6.07) is 2.35. The van der Waals surface area contributed by atoms with Crippen LogP contribution in [0.25, 0.3) is 0 Å². The lowest BCUT2D eigenvalue weighted by molar-refractivity contribution is -0.384. The molecule has 0 spiro atoms. The summed E-state index contributed by atoms with van der Waals surface area (Å²) in [5.74, 6) is 0.0788. The number of aromatic nitrogens is 2. The summed E-state index contributed by atoms with van der Waals surface area (Å²) in [6.07, 6.45) is 3.10. The molecule has 0 aliphatic carbocycles. The van der Waals surface area contributed by atoms with Crippen LogP contribution >= 0.6 is 45.8 Å². The molecule has 19 heavy (non-hydrogen) atoms. The van der Waals surface area contributed by atoms with Crippen molar-refractivity contribution >= 4 is 51.5 Å². The molecule has 6 nitrogen and oxygen atoms in total. The lowest BCUT2D eigenvalue weighted by Crippen LogP contribution is -1.95. The minimum absolute atomic E-state index is 0.0151. The van der Waals surface area contributed by atoms with Crippen molar-refractivity contribution in [3.8, 4) is 11.8 Å². The highest BCUT2D eigenvalue weighted by Crippen LogP contribution is 2.38. The van der Waals surface area contributed by atoms with Crippen molar-refractivity contribution in [1.29, 1.82) is 0 Å². The Hall–Kier alpha value is -1.19. The van der Waals surface area contributed by atoms with E-state index in [1.807, 2.05) is 22.6 Å². The lowest BCUT2D eigenvalue weighted by atomic mass is 10.3. The summed E-state index contributed by atoms with van der Waals surface area (Å²) in [4.78, 5) is 17.9. The lowest BCUT2D eigenvalue weighted by Gasteiger charge is -2.07. The second-order valence-electron chi connectivity index (χ2n) is 3.28. The van der Waals surface area contributed by atoms with Gasteiger partial charge in [-0.05, 0) is 22.6 Å². The van der Waals surface area contributed by atoms with Crippen LogP contribution in [0.1, 0.15) is 0 Å². The number of hydrogen-bond donors (Lipinski definition) is 0. The van der Waals surface area contributed by atoms with E-state index in [4.69, 9.17) is 27.9 Å². The van der Waals surface area contributed by atoms with Gasteiger partial charge in [0.2, 0.25) is 0 Å². The summed E-state index contributed by atoms with van der Waals surface area (Å²) < 4.78 is 6.16. The number of ether oxygens (including phenoxy) is 1. The standard InChI is InChI=1S/C10H4Cl2IN3O3/c11-7-1-6(16(17)18)2-8(12)9(7)19-10-14-3-5(13)4-15-10/h1-4H. The molecule has 0 fully saturated rings. The van der Waals surface area contributed by atoms with Gasteiger partial charge in [-0.3, -0.25) is 10.1 Å². The van der Waals surface area contributed by atoms with Gasteiger partial charge in [0, 0.05) is 28.1 Å². The second-order valence-corrected chi connectivity index (χ2v) is 5.34. The first-order valence-electron chi connectivity index (χ1n) is 4.76. The van der Waals surface area contributed by atoms with E-state index in [1.165, 1.54) is 0 Å². The number of halogens is 3. The molecule has 0 atom stereocenters. The molecular formula is C10H4Cl2IN3O3. The SMILES string of the molecule is O=[N+]([O-])c1cc(Cl)c(Oc2ncc(I)cn2)c(Cl)c1. The van der Waals surface area contributed by atoms with Gasteiger partial charge < -0.3 is 4.74 Å². The van der Waals surface area contributed by atoms with E-state index >= 15 is 0 Å². The zero-order valence-corrected chi connectivity index (χ0v) is 12.7. The molecule has 0 saturated heterocycles.